The van der Waals surface area contributed by atoms with E-state index in [-0.39, 0.29) is 0 Å². The molecule has 0 saturated heterocycles. The van der Waals surface area contributed by atoms with Crippen molar-refractivity contribution in [3.8, 4) is 0 Å². The van der Waals surface area contributed by atoms with Crippen LogP contribution in [0.2, 0.25) is 0 Å². The summed E-state index contributed by atoms with van der Waals surface area (Å²) in [5.74, 6) is 1.43. The zero-order valence-electron chi connectivity index (χ0n) is 9.40. The Labute approximate surface area is 116 Å². The minimum absolute atomic E-state index is 0.336. The standard InChI is InChI=1S/C12H14NO.HI.Sn/c1-9(2)11-8-14-12(13-11)10-6-4-3-5-7-10;;/h3-6,9,11H,8H2,1-2H3;1H;/q;;+1/p-1/t11-;;/m1../s1. The Morgan fingerprint density at radius 3 is 2.81 bits per heavy atom. The van der Waals surface area contributed by atoms with E-state index in [2.05, 4.69) is 61.7 Å². The second-order valence-electron chi connectivity index (χ2n) is 4.20. The fourth-order valence-corrected chi connectivity index (χ4v) is 6.07. The van der Waals surface area contributed by atoms with Crippen molar-refractivity contribution in [1.29, 1.82) is 0 Å². The van der Waals surface area contributed by atoms with Crippen LogP contribution in [0.5, 0.6) is 0 Å². The van der Waals surface area contributed by atoms with Crippen LogP contribution >= 0.6 is 18.6 Å². The summed E-state index contributed by atoms with van der Waals surface area (Å²) in [6, 6.07) is 8.86. The van der Waals surface area contributed by atoms with Crippen LogP contribution in [0.3, 0.4) is 0 Å². The van der Waals surface area contributed by atoms with E-state index >= 15 is 0 Å². The maximum atomic E-state index is 5.73. The summed E-state index contributed by atoms with van der Waals surface area (Å²) in [5, 5.41) is 0. The van der Waals surface area contributed by atoms with Gasteiger partial charge in [0, 0.05) is 0 Å². The molecule has 1 atom stereocenters. The zero-order chi connectivity index (χ0) is 11.5. The fourth-order valence-electron chi connectivity index (χ4n) is 1.63. The average Bonchev–Trinajstić information content (AvgIpc) is 2.78. The number of rotatable bonds is 3. The van der Waals surface area contributed by atoms with E-state index in [1.165, 1.54) is 9.14 Å². The second kappa shape index (κ2) is 5.71. The van der Waals surface area contributed by atoms with Gasteiger partial charge in [0.2, 0.25) is 0 Å². The van der Waals surface area contributed by atoms with E-state index in [1.807, 2.05) is 0 Å². The first-order chi connectivity index (χ1) is 7.72. The van der Waals surface area contributed by atoms with Gasteiger partial charge >= 0.3 is 117 Å². The zero-order valence-corrected chi connectivity index (χ0v) is 14.4. The van der Waals surface area contributed by atoms with Gasteiger partial charge in [0.1, 0.15) is 0 Å². The molecule has 2 radical (unpaired) electrons. The topological polar surface area (TPSA) is 21.6 Å². The molecule has 0 bridgehead atoms. The summed E-state index contributed by atoms with van der Waals surface area (Å²) < 4.78 is 7.20. The summed E-state index contributed by atoms with van der Waals surface area (Å²) in [6.07, 6.45) is 0. The van der Waals surface area contributed by atoms with Crippen LogP contribution in [0.4, 0.5) is 0 Å². The molecular formula is C12H14INOSn. The molecule has 0 saturated carbocycles. The Bertz CT molecular complexity index is 406. The van der Waals surface area contributed by atoms with Crippen LogP contribution in [0.1, 0.15) is 19.4 Å². The predicted molar refractivity (Wildman–Crippen MR) is 77.0 cm³/mol. The third kappa shape index (κ3) is 2.72. The maximum absolute atomic E-state index is 5.73. The Balaban J connectivity index is 2.28. The SMILES string of the molecule is CC(C)[C@H]1COC(c2cccc[c]2[Sn][I])=N1. The molecule has 16 heavy (non-hydrogen) atoms. The summed E-state index contributed by atoms with van der Waals surface area (Å²) >= 11 is 2.08. The quantitative estimate of drug-likeness (QED) is 0.529. The minimum atomic E-state index is -0.464. The molecule has 1 aromatic rings. The van der Waals surface area contributed by atoms with Gasteiger partial charge in [-0.3, -0.25) is 0 Å². The first-order valence-corrected chi connectivity index (χ1v) is 15.1. The summed E-state index contributed by atoms with van der Waals surface area (Å²) in [4.78, 5) is 4.68. The van der Waals surface area contributed by atoms with Gasteiger partial charge < -0.3 is 0 Å². The number of nitrogens with zero attached hydrogens (tertiary/aromatic N) is 1. The van der Waals surface area contributed by atoms with Crippen molar-refractivity contribution in [3.05, 3.63) is 29.8 Å². The molecule has 0 N–H and O–H groups in total. The van der Waals surface area contributed by atoms with Crippen molar-refractivity contribution in [2.24, 2.45) is 10.9 Å². The molecule has 0 amide bonds. The fraction of sp³-hybridized carbons (Fsp3) is 0.417. The molecule has 0 fully saturated rings. The first kappa shape index (κ1) is 12.7. The van der Waals surface area contributed by atoms with Crippen molar-refractivity contribution < 1.29 is 4.74 Å². The third-order valence-corrected chi connectivity index (χ3v) is 8.43. The van der Waals surface area contributed by atoms with Gasteiger partial charge in [-0.15, -0.1) is 0 Å². The van der Waals surface area contributed by atoms with Gasteiger partial charge in [-0.05, 0) is 0 Å². The van der Waals surface area contributed by atoms with Crippen molar-refractivity contribution in [3.63, 3.8) is 0 Å². The molecule has 0 unspecified atom stereocenters. The molecule has 1 heterocycles. The van der Waals surface area contributed by atoms with Crippen LogP contribution < -0.4 is 3.58 Å². The molecule has 2 rings (SSSR count). The molecule has 0 spiro atoms. The molecule has 0 aromatic heterocycles. The van der Waals surface area contributed by atoms with Crippen LogP contribution in [0.25, 0.3) is 0 Å². The van der Waals surface area contributed by atoms with Crippen molar-refractivity contribution in [1.82, 2.24) is 0 Å². The Morgan fingerprint density at radius 1 is 1.44 bits per heavy atom. The normalized spacial score (nSPS) is 19.8. The summed E-state index contributed by atoms with van der Waals surface area (Å²) in [5.41, 5.74) is 1.23. The third-order valence-electron chi connectivity index (χ3n) is 2.70. The van der Waals surface area contributed by atoms with Crippen molar-refractivity contribution in [2.45, 2.75) is 19.9 Å². The molecule has 1 aliphatic rings. The number of hydrogen-bond acceptors (Lipinski definition) is 2. The van der Waals surface area contributed by atoms with Crippen LogP contribution in [-0.2, 0) is 4.74 Å². The Morgan fingerprint density at radius 2 is 2.19 bits per heavy atom. The number of benzene rings is 1. The molecule has 1 aliphatic heterocycles. The summed E-state index contributed by atoms with van der Waals surface area (Å²) in [7, 11) is 0. The molecule has 2 nitrogen and oxygen atoms in total. The van der Waals surface area contributed by atoms with Crippen LogP contribution in [0, 0.1) is 5.92 Å². The van der Waals surface area contributed by atoms with Crippen LogP contribution in [0.15, 0.2) is 29.3 Å². The van der Waals surface area contributed by atoms with E-state index in [1.54, 1.807) is 0 Å². The first-order valence-electron chi connectivity index (χ1n) is 5.39. The second-order valence-corrected chi connectivity index (χ2v) is 9.89. The van der Waals surface area contributed by atoms with E-state index in [9.17, 15) is 0 Å². The summed E-state index contributed by atoms with van der Waals surface area (Å²) in [6.45, 7) is 5.14. The number of ether oxygens (including phenoxy) is 1. The van der Waals surface area contributed by atoms with E-state index in [4.69, 9.17) is 4.74 Å². The monoisotopic (exact) mass is 435 g/mol. The molecule has 4 heteroatoms. The molecular weight excluding hydrogens is 420 g/mol. The number of aliphatic imine (C=N–C) groups is 1. The van der Waals surface area contributed by atoms with Gasteiger partial charge in [0.15, 0.2) is 0 Å². The van der Waals surface area contributed by atoms with Gasteiger partial charge in [0.25, 0.3) is 0 Å². The van der Waals surface area contributed by atoms with E-state index < -0.39 is 17.2 Å². The molecule has 1 aromatic carbocycles. The molecule has 0 aliphatic carbocycles. The number of hydrogen-bond donors (Lipinski definition) is 0. The average molecular weight is 434 g/mol. The van der Waals surface area contributed by atoms with Gasteiger partial charge in [-0.25, -0.2) is 0 Å². The van der Waals surface area contributed by atoms with Crippen molar-refractivity contribution >= 4 is 45.3 Å². The molecule has 84 valence electrons. The van der Waals surface area contributed by atoms with Gasteiger partial charge in [0.05, 0.1) is 0 Å². The van der Waals surface area contributed by atoms with E-state index in [0.29, 0.717) is 12.0 Å². The van der Waals surface area contributed by atoms with Gasteiger partial charge in [-0.1, -0.05) is 0 Å². The predicted octanol–water partition coefficient (Wildman–Crippen LogP) is 2.17. The van der Waals surface area contributed by atoms with Crippen LogP contribution in [-0.4, -0.2) is 35.7 Å². The Kier molecular flexibility index (Phi) is 4.52. The van der Waals surface area contributed by atoms with E-state index in [0.717, 1.165) is 12.5 Å². The van der Waals surface area contributed by atoms with Crippen molar-refractivity contribution in [2.75, 3.05) is 6.61 Å². The van der Waals surface area contributed by atoms with Gasteiger partial charge in [-0.2, -0.15) is 0 Å². The number of halogens is 1. The Hall–Kier alpha value is 0.219.